The smallest absolute Gasteiger partial charge is 0.191 e. The first-order valence-corrected chi connectivity index (χ1v) is 8.26. The van der Waals surface area contributed by atoms with E-state index in [1.165, 1.54) is 6.07 Å². The first-order chi connectivity index (χ1) is 10.1. The van der Waals surface area contributed by atoms with Crippen molar-refractivity contribution in [3.05, 3.63) is 35.1 Å². The SMILES string of the molecule is CN(C)Cc1cc(CN=C(N)N2CCSCC2)ccc1F. The molecule has 1 heterocycles. The Hall–Kier alpha value is -1.27. The normalized spacial score (nSPS) is 16.6. The van der Waals surface area contributed by atoms with Crippen molar-refractivity contribution < 1.29 is 4.39 Å². The number of halogens is 1. The maximum Gasteiger partial charge on any atom is 0.191 e. The number of hydrogen-bond acceptors (Lipinski definition) is 3. The second kappa shape index (κ2) is 7.66. The van der Waals surface area contributed by atoms with E-state index in [1.807, 2.05) is 36.8 Å². The van der Waals surface area contributed by atoms with Gasteiger partial charge in [0.15, 0.2) is 5.96 Å². The summed E-state index contributed by atoms with van der Waals surface area (Å²) in [5, 5.41) is 0. The van der Waals surface area contributed by atoms with Crippen LogP contribution in [-0.2, 0) is 13.1 Å². The van der Waals surface area contributed by atoms with Gasteiger partial charge < -0.3 is 15.5 Å². The molecule has 21 heavy (non-hydrogen) atoms. The molecule has 0 aromatic heterocycles. The predicted molar refractivity (Wildman–Crippen MR) is 88.0 cm³/mol. The van der Waals surface area contributed by atoms with Crippen LogP contribution in [0, 0.1) is 5.82 Å². The van der Waals surface area contributed by atoms with E-state index in [1.54, 1.807) is 6.07 Å². The van der Waals surface area contributed by atoms with Crippen LogP contribution in [0.3, 0.4) is 0 Å². The molecule has 6 heteroatoms. The molecule has 0 aliphatic carbocycles. The molecule has 1 saturated heterocycles. The molecule has 116 valence electrons. The van der Waals surface area contributed by atoms with Crippen LogP contribution in [0.4, 0.5) is 4.39 Å². The van der Waals surface area contributed by atoms with Gasteiger partial charge in [0, 0.05) is 36.7 Å². The number of nitrogens with zero attached hydrogens (tertiary/aromatic N) is 3. The molecule has 1 aromatic rings. The van der Waals surface area contributed by atoms with Crippen molar-refractivity contribution in [2.24, 2.45) is 10.7 Å². The third kappa shape index (κ3) is 4.89. The Kier molecular flexibility index (Phi) is 5.87. The number of rotatable bonds is 4. The van der Waals surface area contributed by atoms with Crippen molar-refractivity contribution in [3.8, 4) is 0 Å². The Balaban J connectivity index is 2.01. The Morgan fingerprint density at radius 1 is 1.38 bits per heavy atom. The average molecular weight is 310 g/mol. The molecule has 0 saturated carbocycles. The highest BCUT2D eigenvalue weighted by Crippen LogP contribution is 2.14. The predicted octanol–water partition coefficient (Wildman–Crippen LogP) is 1.75. The van der Waals surface area contributed by atoms with E-state index in [0.717, 1.165) is 30.2 Å². The lowest BCUT2D eigenvalue weighted by molar-refractivity contribution is 0.392. The number of benzene rings is 1. The van der Waals surface area contributed by atoms with Crippen LogP contribution in [0.2, 0.25) is 0 Å². The van der Waals surface area contributed by atoms with Crippen LogP contribution in [-0.4, -0.2) is 54.4 Å². The molecule has 0 atom stereocenters. The Labute approximate surface area is 130 Å². The number of guanidine groups is 1. The van der Waals surface area contributed by atoms with E-state index in [-0.39, 0.29) is 5.82 Å². The summed E-state index contributed by atoms with van der Waals surface area (Å²) < 4.78 is 13.7. The molecule has 0 unspecified atom stereocenters. The summed E-state index contributed by atoms with van der Waals surface area (Å²) in [4.78, 5) is 8.50. The van der Waals surface area contributed by atoms with Crippen molar-refractivity contribution in [1.29, 1.82) is 0 Å². The van der Waals surface area contributed by atoms with E-state index >= 15 is 0 Å². The van der Waals surface area contributed by atoms with Gasteiger partial charge in [-0.15, -0.1) is 0 Å². The third-order valence-electron chi connectivity index (χ3n) is 3.36. The van der Waals surface area contributed by atoms with Crippen molar-refractivity contribution in [2.45, 2.75) is 13.1 Å². The van der Waals surface area contributed by atoms with Gasteiger partial charge in [-0.05, 0) is 31.8 Å². The van der Waals surface area contributed by atoms with Gasteiger partial charge >= 0.3 is 0 Å². The summed E-state index contributed by atoms with van der Waals surface area (Å²) in [5.41, 5.74) is 7.71. The van der Waals surface area contributed by atoms with Gasteiger partial charge in [0.25, 0.3) is 0 Å². The maximum absolute atomic E-state index is 13.7. The molecule has 1 aliphatic heterocycles. The molecule has 1 aliphatic rings. The zero-order chi connectivity index (χ0) is 15.2. The van der Waals surface area contributed by atoms with Crippen LogP contribution in [0.1, 0.15) is 11.1 Å². The van der Waals surface area contributed by atoms with Crippen molar-refractivity contribution in [2.75, 3.05) is 38.7 Å². The van der Waals surface area contributed by atoms with Gasteiger partial charge in [-0.1, -0.05) is 6.07 Å². The summed E-state index contributed by atoms with van der Waals surface area (Å²) in [6, 6.07) is 5.16. The van der Waals surface area contributed by atoms with Crippen LogP contribution >= 0.6 is 11.8 Å². The monoisotopic (exact) mass is 310 g/mol. The molecule has 0 spiro atoms. The van der Waals surface area contributed by atoms with Gasteiger partial charge in [-0.2, -0.15) is 11.8 Å². The topological polar surface area (TPSA) is 44.9 Å². The van der Waals surface area contributed by atoms with Gasteiger partial charge in [0.05, 0.1) is 6.54 Å². The zero-order valence-corrected chi connectivity index (χ0v) is 13.5. The number of nitrogens with two attached hydrogens (primary N) is 1. The minimum atomic E-state index is -0.169. The van der Waals surface area contributed by atoms with Crippen LogP contribution in [0.15, 0.2) is 23.2 Å². The summed E-state index contributed by atoms with van der Waals surface area (Å²) in [7, 11) is 3.85. The van der Waals surface area contributed by atoms with Gasteiger partial charge in [0.1, 0.15) is 5.82 Å². The van der Waals surface area contributed by atoms with Crippen LogP contribution < -0.4 is 5.73 Å². The first kappa shape index (κ1) is 16.1. The number of thioether (sulfide) groups is 1. The minimum absolute atomic E-state index is 0.169. The van der Waals surface area contributed by atoms with E-state index < -0.39 is 0 Å². The fraction of sp³-hybridized carbons (Fsp3) is 0.533. The van der Waals surface area contributed by atoms with Crippen LogP contribution in [0.5, 0.6) is 0 Å². The summed E-state index contributed by atoms with van der Waals surface area (Å²) in [6.07, 6.45) is 0. The molecule has 1 fully saturated rings. The van der Waals surface area contributed by atoms with E-state index in [9.17, 15) is 4.39 Å². The highest BCUT2D eigenvalue weighted by Gasteiger charge is 2.12. The molecule has 0 bridgehead atoms. The lowest BCUT2D eigenvalue weighted by Crippen LogP contribution is -2.42. The maximum atomic E-state index is 13.7. The zero-order valence-electron chi connectivity index (χ0n) is 12.7. The molecule has 0 amide bonds. The van der Waals surface area contributed by atoms with Crippen molar-refractivity contribution >= 4 is 17.7 Å². The minimum Gasteiger partial charge on any atom is -0.370 e. The summed E-state index contributed by atoms with van der Waals surface area (Å²) in [5.74, 6) is 2.62. The van der Waals surface area contributed by atoms with Gasteiger partial charge in [-0.25, -0.2) is 9.38 Å². The average Bonchev–Trinajstić information content (AvgIpc) is 2.48. The second-order valence-corrected chi connectivity index (χ2v) is 6.66. The molecule has 2 N–H and O–H groups in total. The highest BCUT2D eigenvalue weighted by molar-refractivity contribution is 7.99. The number of hydrogen-bond donors (Lipinski definition) is 1. The lowest BCUT2D eigenvalue weighted by atomic mass is 10.1. The molecular weight excluding hydrogens is 287 g/mol. The quantitative estimate of drug-likeness (QED) is 0.680. The lowest BCUT2D eigenvalue weighted by Gasteiger charge is -2.27. The molecule has 0 radical (unpaired) electrons. The molecule has 1 aromatic carbocycles. The molecule has 2 rings (SSSR count). The van der Waals surface area contributed by atoms with Crippen molar-refractivity contribution in [3.63, 3.8) is 0 Å². The third-order valence-corrected chi connectivity index (χ3v) is 4.30. The summed E-state index contributed by atoms with van der Waals surface area (Å²) >= 11 is 1.94. The molecule has 4 nitrogen and oxygen atoms in total. The summed E-state index contributed by atoms with van der Waals surface area (Å²) in [6.45, 7) is 2.99. The molecular formula is C15H23FN4S. The Bertz CT molecular complexity index is 498. The number of aliphatic imine (C=N–C) groups is 1. The first-order valence-electron chi connectivity index (χ1n) is 7.11. The standard InChI is InChI=1S/C15H23FN4S/c1-19(2)11-13-9-12(3-4-14(13)16)10-18-15(17)20-5-7-21-8-6-20/h3-4,9H,5-8,10-11H2,1-2H3,(H2,17,18). The Morgan fingerprint density at radius 3 is 2.76 bits per heavy atom. The van der Waals surface area contributed by atoms with Crippen molar-refractivity contribution in [1.82, 2.24) is 9.80 Å². The fourth-order valence-corrected chi connectivity index (χ4v) is 3.16. The van der Waals surface area contributed by atoms with Gasteiger partial charge in [0.2, 0.25) is 0 Å². The van der Waals surface area contributed by atoms with Gasteiger partial charge in [-0.3, -0.25) is 0 Å². The Morgan fingerprint density at radius 2 is 2.10 bits per heavy atom. The van der Waals surface area contributed by atoms with E-state index in [4.69, 9.17) is 5.73 Å². The fourth-order valence-electron chi connectivity index (χ4n) is 2.25. The largest absolute Gasteiger partial charge is 0.370 e. The second-order valence-electron chi connectivity index (χ2n) is 5.44. The highest BCUT2D eigenvalue weighted by atomic mass is 32.2. The van der Waals surface area contributed by atoms with Crippen LogP contribution in [0.25, 0.3) is 0 Å². The van der Waals surface area contributed by atoms with E-state index in [2.05, 4.69) is 9.89 Å². The van der Waals surface area contributed by atoms with E-state index in [0.29, 0.717) is 24.6 Å².